The van der Waals surface area contributed by atoms with Gasteiger partial charge < -0.3 is 10.1 Å². The number of pyridine rings is 1. The van der Waals surface area contributed by atoms with Crippen molar-refractivity contribution in [1.82, 2.24) is 10.3 Å². The Balaban J connectivity index is 1.71. The molecule has 2 aliphatic rings. The number of rotatable bonds is 3. The Morgan fingerprint density at radius 3 is 2.89 bits per heavy atom. The summed E-state index contributed by atoms with van der Waals surface area (Å²) >= 11 is 0. The lowest BCUT2D eigenvalue weighted by molar-refractivity contribution is -0.148. The zero-order valence-corrected chi connectivity index (χ0v) is 10.9. The molecule has 0 saturated heterocycles. The molecule has 2 heterocycles. The summed E-state index contributed by atoms with van der Waals surface area (Å²) in [6, 6.07) is 3.93. The second-order valence-corrected chi connectivity index (χ2v) is 5.25. The molecule has 0 unspecified atom stereocenters. The molecule has 1 aliphatic carbocycles. The summed E-state index contributed by atoms with van der Waals surface area (Å²) in [6.45, 7) is 0.679. The lowest BCUT2D eigenvalue weighted by Gasteiger charge is -2.34. The molecule has 19 heavy (non-hydrogen) atoms. The summed E-state index contributed by atoms with van der Waals surface area (Å²) in [4.78, 5) is 15.7. The van der Waals surface area contributed by atoms with Crippen molar-refractivity contribution in [2.24, 2.45) is 0 Å². The van der Waals surface area contributed by atoms with E-state index in [9.17, 15) is 4.79 Å². The number of esters is 1. The second kappa shape index (κ2) is 5.03. The zero-order valence-electron chi connectivity index (χ0n) is 10.9. The fourth-order valence-electron chi connectivity index (χ4n) is 2.93. The highest BCUT2D eigenvalue weighted by molar-refractivity contribution is 5.86. The van der Waals surface area contributed by atoms with Gasteiger partial charge >= 0.3 is 5.97 Å². The van der Waals surface area contributed by atoms with Gasteiger partial charge in [0.15, 0.2) is 5.60 Å². The van der Waals surface area contributed by atoms with Crippen LogP contribution in [-0.4, -0.2) is 16.6 Å². The van der Waals surface area contributed by atoms with Gasteiger partial charge in [0.05, 0.1) is 5.70 Å². The van der Waals surface area contributed by atoms with Crippen molar-refractivity contribution < 1.29 is 9.53 Å². The van der Waals surface area contributed by atoms with E-state index in [1.165, 1.54) is 6.42 Å². The van der Waals surface area contributed by atoms with E-state index in [1.807, 2.05) is 18.3 Å². The molecule has 1 saturated carbocycles. The predicted molar refractivity (Wildman–Crippen MR) is 71.1 cm³/mol. The minimum absolute atomic E-state index is 0.212. The highest BCUT2D eigenvalue weighted by Crippen LogP contribution is 2.40. The topological polar surface area (TPSA) is 51.2 Å². The minimum Gasteiger partial charge on any atom is -0.449 e. The summed E-state index contributed by atoms with van der Waals surface area (Å²) in [5.74, 6) is -0.212. The van der Waals surface area contributed by atoms with E-state index in [2.05, 4.69) is 10.3 Å². The summed E-state index contributed by atoms with van der Waals surface area (Å²) in [6.07, 6.45) is 10.6. The molecule has 0 bridgehead atoms. The minimum atomic E-state index is -0.377. The van der Waals surface area contributed by atoms with Crippen LogP contribution in [0.1, 0.15) is 37.7 Å². The molecule has 4 nitrogen and oxygen atoms in total. The van der Waals surface area contributed by atoms with Crippen molar-refractivity contribution in [1.29, 1.82) is 0 Å². The maximum Gasteiger partial charge on any atom is 0.333 e. The fourth-order valence-corrected chi connectivity index (χ4v) is 2.93. The molecule has 0 amide bonds. The monoisotopic (exact) mass is 258 g/mol. The molecule has 0 atom stereocenters. The first kappa shape index (κ1) is 12.2. The first-order chi connectivity index (χ1) is 9.28. The number of carbonyl (C=O) groups is 1. The molecular formula is C15H18N2O2. The fraction of sp³-hybridized carbons (Fsp3) is 0.467. The van der Waals surface area contributed by atoms with Crippen LogP contribution in [0, 0.1) is 0 Å². The number of nitrogens with zero attached hydrogens (tertiary/aromatic N) is 1. The first-order valence-electron chi connectivity index (χ1n) is 6.86. The van der Waals surface area contributed by atoms with Gasteiger partial charge in [-0.1, -0.05) is 12.5 Å². The molecule has 1 aliphatic heterocycles. The van der Waals surface area contributed by atoms with E-state index in [4.69, 9.17) is 4.74 Å². The molecule has 100 valence electrons. The van der Waals surface area contributed by atoms with Crippen LogP contribution in [0.5, 0.6) is 0 Å². The van der Waals surface area contributed by atoms with Gasteiger partial charge in [0.1, 0.15) is 0 Å². The van der Waals surface area contributed by atoms with Crippen molar-refractivity contribution >= 4 is 5.97 Å². The van der Waals surface area contributed by atoms with Gasteiger partial charge in [0, 0.05) is 25.0 Å². The molecule has 4 heteroatoms. The van der Waals surface area contributed by atoms with Gasteiger partial charge in [-0.25, -0.2) is 4.79 Å². The first-order valence-corrected chi connectivity index (χ1v) is 6.86. The Hall–Kier alpha value is -1.84. The molecule has 1 aromatic rings. The number of nitrogens with one attached hydrogen (secondary N) is 1. The van der Waals surface area contributed by atoms with Crippen LogP contribution in [0.2, 0.25) is 0 Å². The van der Waals surface area contributed by atoms with Crippen molar-refractivity contribution in [3.8, 4) is 0 Å². The van der Waals surface area contributed by atoms with Gasteiger partial charge in [-0.3, -0.25) is 4.98 Å². The second-order valence-electron chi connectivity index (χ2n) is 5.25. The predicted octanol–water partition coefficient (Wildman–Crippen LogP) is 2.31. The summed E-state index contributed by atoms with van der Waals surface area (Å²) in [5.41, 5.74) is 1.67. The average molecular weight is 258 g/mol. The largest absolute Gasteiger partial charge is 0.449 e. The number of hydrogen-bond donors (Lipinski definition) is 1. The average Bonchev–Trinajstić information content (AvgIpc) is 2.74. The number of carbonyl (C=O) groups excluding carboxylic acids is 1. The quantitative estimate of drug-likeness (QED) is 0.845. The van der Waals surface area contributed by atoms with Crippen LogP contribution in [0.25, 0.3) is 0 Å². The van der Waals surface area contributed by atoms with Crippen LogP contribution in [0.15, 0.2) is 36.3 Å². The maximum absolute atomic E-state index is 11.6. The van der Waals surface area contributed by atoms with E-state index < -0.39 is 0 Å². The maximum atomic E-state index is 11.6. The number of hydrogen-bond acceptors (Lipinski definition) is 4. The van der Waals surface area contributed by atoms with Crippen molar-refractivity contribution in [3.05, 3.63) is 41.9 Å². The molecule has 1 spiro atoms. The Kier molecular flexibility index (Phi) is 3.23. The van der Waals surface area contributed by atoms with Crippen molar-refractivity contribution in [2.45, 2.75) is 44.2 Å². The summed E-state index contributed by atoms with van der Waals surface area (Å²) in [5, 5.41) is 3.36. The number of ether oxygens (including phenoxy) is 1. The lowest BCUT2D eigenvalue weighted by Crippen LogP contribution is -2.39. The molecule has 0 radical (unpaired) electrons. The van der Waals surface area contributed by atoms with Gasteiger partial charge in [0.2, 0.25) is 0 Å². The third-order valence-corrected chi connectivity index (χ3v) is 3.92. The summed E-state index contributed by atoms with van der Waals surface area (Å²) in [7, 11) is 0. The van der Waals surface area contributed by atoms with Crippen LogP contribution in [0.4, 0.5) is 0 Å². The third-order valence-electron chi connectivity index (χ3n) is 3.92. The Morgan fingerprint density at radius 1 is 1.32 bits per heavy atom. The van der Waals surface area contributed by atoms with Crippen LogP contribution in [-0.2, 0) is 16.1 Å². The molecule has 0 aromatic carbocycles. The normalized spacial score (nSPS) is 21.1. The number of aromatic nitrogens is 1. The highest BCUT2D eigenvalue weighted by Gasteiger charge is 2.43. The van der Waals surface area contributed by atoms with Crippen LogP contribution < -0.4 is 5.32 Å². The van der Waals surface area contributed by atoms with Gasteiger partial charge in [0.25, 0.3) is 0 Å². The lowest BCUT2D eigenvalue weighted by atomic mass is 9.83. The zero-order chi connectivity index (χ0) is 13.1. The summed E-state index contributed by atoms with van der Waals surface area (Å²) < 4.78 is 5.58. The Labute approximate surface area is 112 Å². The van der Waals surface area contributed by atoms with E-state index >= 15 is 0 Å². The third kappa shape index (κ3) is 2.48. The van der Waals surface area contributed by atoms with Gasteiger partial charge in [-0.2, -0.15) is 0 Å². The van der Waals surface area contributed by atoms with E-state index in [0.717, 1.165) is 36.9 Å². The van der Waals surface area contributed by atoms with E-state index in [-0.39, 0.29) is 11.6 Å². The molecule has 1 aromatic heterocycles. The van der Waals surface area contributed by atoms with Gasteiger partial charge in [-0.05, 0) is 37.3 Å². The molecule has 1 fully saturated rings. The molecule has 1 N–H and O–H groups in total. The van der Waals surface area contributed by atoms with Crippen molar-refractivity contribution in [3.63, 3.8) is 0 Å². The molecule has 3 rings (SSSR count). The van der Waals surface area contributed by atoms with Crippen molar-refractivity contribution in [2.75, 3.05) is 0 Å². The smallest absolute Gasteiger partial charge is 0.333 e. The van der Waals surface area contributed by atoms with E-state index in [0.29, 0.717) is 6.54 Å². The Bertz CT molecular complexity index is 490. The van der Waals surface area contributed by atoms with Gasteiger partial charge in [-0.15, -0.1) is 0 Å². The Morgan fingerprint density at radius 2 is 2.16 bits per heavy atom. The standard InChI is InChI=1S/C15H18N2O2/c18-14-9-13(15(19-14)6-2-1-3-7-15)17-11-12-5-4-8-16-10-12/h4-5,8-10,17H,1-3,6-7,11H2. The SMILES string of the molecule is O=C1C=C(NCc2cccnc2)C2(CCCCC2)O1. The molecular weight excluding hydrogens is 240 g/mol. The van der Waals surface area contributed by atoms with Crippen LogP contribution in [0.3, 0.4) is 0 Å². The van der Waals surface area contributed by atoms with Crippen LogP contribution >= 0.6 is 0 Å². The highest BCUT2D eigenvalue weighted by atomic mass is 16.6. The van der Waals surface area contributed by atoms with E-state index in [1.54, 1.807) is 12.3 Å².